The summed E-state index contributed by atoms with van der Waals surface area (Å²) in [7, 11) is 0. The summed E-state index contributed by atoms with van der Waals surface area (Å²) < 4.78 is 54.2. The Morgan fingerprint density at radius 3 is 2.40 bits per heavy atom. The van der Waals surface area contributed by atoms with E-state index in [1.54, 1.807) is 13.0 Å². The lowest BCUT2D eigenvalue weighted by Gasteiger charge is -2.27. The van der Waals surface area contributed by atoms with Crippen molar-refractivity contribution in [2.75, 3.05) is 10.6 Å². The molecule has 0 unspecified atom stereocenters. The number of hydrogen-bond acceptors (Lipinski definition) is 8. The van der Waals surface area contributed by atoms with Crippen LogP contribution in [-0.4, -0.2) is 42.2 Å². The Labute approximate surface area is 224 Å². The molecule has 0 fully saturated rings. The number of rotatable bonds is 8. The number of alkyl halides is 3. The van der Waals surface area contributed by atoms with Gasteiger partial charge in [-0.1, -0.05) is 12.1 Å². The number of nitrogens with zero attached hydrogens (tertiary/aromatic N) is 6. The molecule has 1 aromatic carbocycles. The van der Waals surface area contributed by atoms with E-state index in [0.717, 1.165) is 30.3 Å². The largest absolute Gasteiger partial charge is 0.465 e. The van der Waals surface area contributed by atoms with Gasteiger partial charge in [-0.2, -0.15) is 28.6 Å². The minimum atomic E-state index is -4.58. The highest BCUT2D eigenvalue weighted by molar-refractivity contribution is 5.67. The standard InChI is InChI=1S/C25H21F4N9O2/c1-13-20(38-32-7-8-33-38)10-18(12-31-13)35-22-16(11-30)9-19(26)23(37-22)36-21(14(2)34-24(39)40)15-3-5-17(6-4-15)25(27,28)29/h3-10,12,14,21,34H,1-2H3,(H,39,40)(H2,35,36,37)/t14-,21-/m0/s1. The van der Waals surface area contributed by atoms with Crippen LogP contribution in [0.3, 0.4) is 0 Å². The summed E-state index contributed by atoms with van der Waals surface area (Å²) in [6, 6.07) is 6.43. The second-order valence-electron chi connectivity index (χ2n) is 8.58. The highest BCUT2D eigenvalue weighted by Gasteiger charge is 2.31. The zero-order valence-corrected chi connectivity index (χ0v) is 20.9. The molecule has 0 radical (unpaired) electrons. The van der Waals surface area contributed by atoms with Crippen LogP contribution in [0, 0.1) is 24.1 Å². The fourth-order valence-corrected chi connectivity index (χ4v) is 3.84. The first-order valence-electron chi connectivity index (χ1n) is 11.6. The van der Waals surface area contributed by atoms with Gasteiger partial charge in [-0.25, -0.2) is 14.2 Å². The third-order valence-electron chi connectivity index (χ3n) is 5.79. The van der Waals surface area contributed by atoms with Gasteiger partial charge in [-0.05, 0) is 43.7 Å². The number of halogens is 4. The Bertz CT molecular complexity index is 1550. The number of carboxylic acid groups (broad SMARTS) is 1. The van der Waals surface area contributed by atoms with Gasteiger partial charge >= 0.3 is 12.3 Å². The van der Waals surface area contributed by atoms with Gasteiger partial charge in [0.15, 0.2) is 17.5 Å². The van der Waals surface area contributed by atoms with E-state index in [9.17, 15) is 28.3 Å². The van der Waals surface area contributed by atoms with E-state index in [-0.39, 0.29) is 22.8 Å². The van der Waals surface area contributed by atoms with Crippen LogP contribution in [0.25, 0.3) is 5.69 Å². The van der Waals surface area contributed by atoms with E-state index in [1.165, 1.54) is 30.3 Å². The predicted molar refractivity (Wildman–Crippen MR) is 135 cm³/mol. The molecule has 0 spiro atoms. The molecule has 4 rings (SSSR count). The lowest BCUT2D eigenvalue weighted by molar-refractivity contribution is -0.137. The van der Waals surface area contributed by atoms with Crippen LogP contribution in [0.5, 0.6) is 0 Å². The Morgan fingerprint density at radius 2 is 1.80 bits per heavy atom. The highest BCUT2D eigenvalue weighted by Crippen LogP contribution is 2.32. The predicted octanol–water partition coefficient (Wildman–Crippen LogP) is 4.95. The van der Waals surface area contributed by atoms with Crippen molar-refractivity contribution < 1.29 is 27.5 Å². The Morgan fingerprint density at radius 1 is 1.12 bits per heavy atom. The quantitative estimate of drug-likeness (QED) is 0.221. The summed E-state index contributed by atoms with van der Waals surface area (Å²) >= 11 is 0. The van der Waals surface area contributed by atoms with Gasteiger partial charge in [0.05, 0.1) is 53.2 Å². The fraction of sp³-hybridized carbons (Fsp3) is 0.200. The van der Waals surface area contributed by atoms with E-state index >= 15 is 4.39 Å². The second kappa shape index (κ2) is 11.2. The molecular weight excluding hydrogens is 534 g/mol. The molecule has 15 heteroatoms. The molecule has 2 atom stereocenters. The zero-order valence-electron chi connectivity index (χ0n) is 20.9. The Balaban J connectivity index is 1.69. The van der Waals surface area contributed by atoms with Crippen molar-refractivity contribution in [3.8, 4) is 11.8 Å². The maximum absolute atomic E-state index is 15.1. The molecular formula is C25H21F4N9O2. The highest BCUT2D eigenvalue weighted by atomic mass is 19.4. The number of aromatic nitrogens is 5. The van der Waals surface area contributed by atoms with Crippen molar-refractivity contribution in [2.45, 2.75) is 32.1 Å². The summed E-state index contributed by atoms with van der Waals surface area (Å²) in [6.45, 7) is 3.20. The summed E-state index contributed by atoms with van der Waals surface area (Å²) in [5.41, 5.74) is 0.693. The number of nitrogens with one attached hydrogen (secondary N) is 3. The van der Waals surface area contributed by atoms with E-state index in [1.807, 2.05) is 6.07 Å². The molecule has 4 N–H and O–H groups in total. The molecule has 0 saturated carbocycles. The maximum atomic E-state index is 15.1. The number of amides is 1. The normalized spacial score (nSPS) is 12.7. The summed E-state index contributed by atoms with van der Waals surface area (Å²) in [5.74, 6) is -1.37. The van der Waals surface area contributed by atoms with E-state index < -0.39 is 35.7 Å². The number of pyridine rings is 2. The van der Waals surface area contributed by atoms with Crippen molar-refractivity contribution in [3.63, 3.8) is 0 Å². The minimum Gasteiger partial charge on any atom is -0.465 e. The van der Waals surface area contributed by atoms with E-state index in [4.69, 9.17) is 0 Å². The fourth-order valence-electron chi connectivity index (χ4n) is 3.84. The van der Waals surface area contributed by atoms with Crippen molar-refractivity contribution in [1.82, 2.24) is 30.3 Å². The van der Waals surface area contributed by atoms with Crippen LogP contribution in [0.4, 0.5) is 39.7 Å². The van der Waals surface area contributed by atoms with Gasteiger partial charge in [0, 0.05) is 0 Å². The first-order chi connectivity index (χ1) is 19.0. The van der Waals surface area contributed by atoms with Crippen LogP contribution in [0.15, 0.2) is 55.0 Å². The summed E-state index contributed by atoms with van der Waals surface area (Å²) in [5, 5.41) is 34.8. The van der Waals surface area contributed by atoms with Gasteiger partial charge in [0.2, 0.25) is 0 Å². The van der Waals surface area contributed by atoms with Gasteiger partial charge in [-0.15, -0.1) is 4.80 Å². The third kappa shape index (κ3) is 6.23. The second-order valence-corrected chi connectivity index (χ2v) is 8.58. The third-order valence-corrected chi connectivity index (χ3v) is 5.79. The topological polar surface area (TPSA) is 154 Å². The summed E-state index contributed by atoms with van der Waals surface area (Å²) in [6.07, 6.45) is -1.53. The smallest absolute Gasteiger partial charge is 0.416 e. The molecule has 0 aliphatic heterocycles. The van der Waals surface area contributed by atoms with Crippen LogP contribution >= 0.6 is 0 Å². The van der Waals surface area contributed by atoms with Gasteiger partial charge in [0.1, 0.15) is 11.8 Å². The molecule has 3 aromatic heterocycles. The zero-order chi connectivity index (χ0) is 29.0. The molecule has 0 saturated heterocycles. The average Bonchev–Trinajstić information content (AvgIpc) is 3.43. The van der Waals surface area contributed by atoms with E-state index in [0.29, 0.717) is 17.1 Å². The molecule has 0 bridgehead atoms. The minimum absolute atomic E-state index is 0.0542. The average molecular weight is 555 g/mol. The number of hydrogen-bond donors (Lipinski definition) is 4. The Hall–Kier alpha value is -5.26. The number of benzene rings is 1. The van der Waals surface area contributed by atoms with Gasteiger partial charge < -0.3 is 21.1 Å². The first-order valence-corrected chi connectivity index (χ1v) is 11.6. The van der Waals surface area contributed by atoms with Gasteiger partial charge in [0.25, 0.3) is 0 Å². The SMILES string of the molecule is Cc1ncc(Nc2nc(N[C@H](c3ccc(C(F)(F)F)cc3)[C@H](C)NC(=O)O)c(F)cc2C#N)cc1-n1nccn1. The van der Waals surface area contributed by atoms with Gasteiger partial charge in [-0.3, -0.25) is 4.98 Å². The first kappa shape index (κ1) is 27.8. The molecule has 206 valence electrons. The number of nitriles is 1. The van der Waals surface area contributed by atoms with Crippen LogP contribution < -0.4 is 16.0 Å². The van der Waals surface area contributed by atoms with Crippen molar-refractivity contribution in [3.05, 3.63) is 83.2 Å². The number of carbonyl (C=O) groups is 1. The monoisotopic (exact) mass is 555 g/mol. The molecule has 11 nitrogen and oxygen atoms in total. The molecule has 0 aliphatic carbocycles. The van der Waals surface area contributed by atoms with Crippen molar-refractivity contribution in [1.29, 1.82) is 5.26 Å². The maximum Gasteiger partial charge on any atom is 0.416 e. The Kier molecular flexibility index (Phi) is 7.80. The van der Waals surface area contributed by atoms with Crippen molar-refractivity contribution in [2.24, 2.45) is 0 Å². The molecule has 40 heavy (non-hydrogen) atoms. The number of anilines is 3. The van der Waals surface area contributed by atoms with Crippen LogP contribution in [0.2, 0.25) is 0 Å². The molecule has 0 aliphatic rings. The van der Waals surface area contributed by atoms with Crippen LogP contribution in [-0.2, 0) is 6.18 Å². The molecule has 4 aromatic rings. The molecule has 3 heterocycles. The lowest BCUT2D eigenvalue weighted by Crippen LogP contribution is -2.39. The molecule has 1 amide bonds. The van der Waals surface area contributed by atoms with Crippen molar-refractivity contribution >= 4 is 23.4 Å². The van der Waals surface area contributed by atoms with E-state index in [2.05, 4.69) is 36.1 Å². The summed E-state index contributed by atoms with van der Waals surface area (Å²) in [4.78, 5) is 21.1. The lowest BCUT2D eigenvalue weighted by atomic mass is 9.98. The number of aryl methyl sites for hydroxylation is 1. The van der Waals surface area contributed by atoms with Crippen LogP contribution in [0.1, 0.15) is 35.3 Å².